The van der Waals surface area contributed by atoms with Crippen LogP contribution in [0.1, 0.15) is 19.3 Å². The maximum absolute atomic E-state index is 12.1. The van der Waals surface area contributed by atoms with Gasteiger partial charge in [0.05, 0.1) is 4.90 Å². The minimum Gasteiger partial charge on any atom is -0.303 e. The molecule has 106 valence electrons. The van der Waals surface area contributed by atoms with Crippen LogP contribution in [0.3, 0.4) is 0 Å². The van der Waals surface area contributed by atoms with Crippen molar-refractivity contribution in [2.45, 2.75) is 30.2 Å². The Morgan fingerprint density at radius 2 is 2.05 bits per heavy atom. The first-order valence-electron chi connectivity index (χ1n) is 6.44. The largest absolute Gasteiger partial charge is 0.303 e. The van der Waals surface area contributed by atoms with Gasteiger partial charge in [0.1, 0.15) is 0 Å². The van der Waals surface area contributed by atoms with Gasteiger partial charge >= 0.3 is 0 Å². The lowest BCUT2D eigenvalue weighted by atomic mass is 10.1. The molecule has 1 saturated heterocycles. The summed E-state index contributed by atoms with van der Waals surface area (Å²) in [5, 5.41) is 0. The molecule has 1 atom stereocenters. The van der Waals surface area contributed by atoms with Crippen molar-refractivity contribution in [1.82, 2.24) is 9.62 Å². The van der Waals surface area contributed by atoms with Crippen LogP contribution in [0.2, 0.25) is 0 Å². The van der Waals surface area contributed by atoms with E-state index < -0.39 is 10.0 Å². The van der Waals surface area contributed by atoms with E-state index in [0.29, 0.717) is 17.5 Å². The third kappa shape index (κ3) is 4.14. The Kier molecular flexibility index (Phi) is 5.22. The fourth-order valence-corrected chi connectivity index (χ4v) is 3.81. The van der Waals surface area contributed by atoms with Crippen LogP contribution in [0.5, 0.6) is 0 Å². The van der Waals surface area contributed by atoms with Crippen LogP contribution in [0.15, 0.2) is 29.2 Å². The third-order valence-electron chi connectivity index (χ3n) is 3.57. The van der Waals surface area contributed by atoms with E-state index in [4.69, 9.17) is 0 Å². The van der Waals surface area contributed by atoms with E-state index in [-0.39, 0.29) is 0 Å². The minimum absolute atomic E-state index is 0.340. The number of hydrogen-bond donors (Lipinski definition) is 1. The van der Waals surface area contributed by atoms with Crippen LogP contribution in [-0.2, 0) is 10.0 Å². The Hall–Kier alpha value is -0.180. The van der Waals surface area contributed by atoms with Crippen LogP contribution < -0.4 is 4.72 Å². The molecule has 1 aliphatic rings. The van der Waals surface area contributed by atoms with Crippen LogP contribution in [-0.4, -0.2) is 39.5 Å². The molecule has 1 N–H and O–H groups in total. The van der Waals surface area contributed by atoms with Crippen molar-refractivity contribution in [3.63, 3.8) is 0 Å². The number of nitrogens with one attached hydrogen (secondary N) is 1. The SMILES string of the molecule is CN1CCCC1CCNS(=O)(=O)c1ccc(I)cc1. The summed E-state index contributed by atoms with van der Waals surface area (Å²) in [6.07, 6.45) is 3.26. The summed E-state index contributed by atoms with van der Waals surface area (Å²) in [6, 6.07) is 7.41. The van der Waals surface area contributed by atoms with Gasteiger partial charge in [-0.05, 0) is 79.7 Å². The van der Waals surface area contributed by atoms with Crippen molar-refractivity contribution >= 4 is 32.6 Å². The molecule has 1 heterocycles. The average molecular weight is 394 g/mol. The maximum Gasteiger partial charge on any atom is 0.240 e. The van der Waals surface area contributed by atoms with Gasteiger partial charge in [0.25, 0.3) is 0 Å². The molecular formula is C13H19IN2O2S. The second-order valence-corrected chi connectivity index (χ2v) is 7.93. The molecule has 1 aromatic rings. The van der Waals surface area contributed by atoms with Gasteiger partial charge in [-0.2, -0.15) is 0 Å². The zero-order valence-corrected chi connectivity index (χ0v) is 13.9. The summed E-state index contributed by atoms with van der Waals surface area (Å²) in [6.45, 7) is 1.62. The van der Waals surface area contributed by atoms with E-state index in [1.54, 1.807) is 24.3 Å². The number of likely N-dealkylation sites (tertiary alicyclic amines) is 1. The first-order chi connectivity index (χ1) is 8.99. The molecule has 0 aromatic heterocycles. The first-order valence-corrected chi connectivity index (χ1v) is 9.01. The Morgan fingerprint density at radius 1 is 1.37 bits per heavy atom. The van der Waals surface area contributed by atoms with E-state index in [9.17, 15) is 8.42 Å². The molecule has 0 bridgehead atoms. The second kappa shape index (κ2) is 6.51. The van der Waals surface area contributed by atoms with Crippen molar-refractivity contribution in [1.29, 1.82) is 0 Å². The Morgan fingerprint density at radius 3 is 2.63 bits per heavy atom. The highest BCUT2D eigenvalue weighted by Crippen LogP contribution is 2.17. The van der Waals surface area contributed by atoms with Gasteiger partial charge in [0.2, 0.25) is 10.0 Å². The van der Waals surface area contributed by atoms with Crippen molar-refractivity contribution in [3.05, 3.63) is 27.8 Å². The highest BCUT2D eigenvalue weighted by Gasteiger charge is 2.21. The van der Waals surface area contributed by atoms with Crippen molar-refractivity contribution in [2.24, 2.45) is 0 Å². The summed E-state index contributed by atoms with van der Waals surface area (Å²) in [5.74, 6) is 0. The predicted molar refractivity (Wildman–Crippen MR) is 84.6 cm³/mol. The second-order valence-electron chi connectivity index (χ2n) is 4.92. The van der Waals surface area contributed by atoms with Crippen molar-refractivity contribution < 1.29 is 8.42 Å². The van der Waals surface area contributed by atoms with Gasteiger partial charge in [-0.25, -0.2) is 13.1 Å². The van der Waals surface area contributed by atoms with Crippen LogP contribution in [0, 0.1) is 3.57 Å². The molecule has 1 unspecified atom stereocenters. The molecule has 19 heavy (non-hydrogen) atoms. The average Bonchev–Trinajstić information content (AvgIpc) is 2.75. The van der Waals surface area contributed by atoms with Gasteiger partial charge in [0, 0.05) is 16.2 Å². The van der Waals surface area contributed by atoms with Crippen LogP contribution in [0.4, 0.5) is 0 Å². The number of benzene rings is 1. The van der Waals surface area contributed by atoms with E-state index in [1.807, 2.05) is 0 Å². The van der Waals surface area contributed by atoms with Gasteiger partial charge in [-0.3, -0.25) is 0 Å². The Balaban J connectivity index is 1.89. The zero-order chi connectivity index (χ0) is 13.9. The minimum atomic E-state index is -3.36. The third-order valence-corrected chi connectivity index (χ3v) is 5.76. The fourth-order valence-electron chi connectivity index (χ4n) is 2.40. The molecule has 0 aliphatic carbocycles. The lowest BCUT2D eigenvalue weighted by Gasteiger charge is -2.19. The molecular weight excluding hydrogens is 375 g/mol. The highest BCUT2D eigenvalue weighted by atomic mass is 127. The lowest BCUT2D eigenvalue weighted by Crippen LogP contribution is -2.31. The number of sulfonamides is 1. The molecule has 1 fully saturated rings. The number of nitrogens with zero attached hydrogens (tertiary/aromatic N) is 1. The smallest absolute Gasteiger partial charge is 0.240 e. The van der Waals surface area contributed by atoms with E-state index >= 15 is 0 Å². The quantitative estimate of drug-likeness (QED) is 0.778. The van der Waals surface area contributed by atoms with Gasteiger partial charge in [0.15, 0.2) is 0 Å². The zero-order valence-electron chi connectivity index (χ0n) is 11.0. The standard InChI is InChI=1S/C13H19IN2O2S/c1-16-10-2-3-12(16)8-9-15-19(17,18)13-6-4-11(14)5-7-13/h4-7,12,15H,2-3,8-10H2,1H3. The molecule has 4 nitrogen and oxygen atoms in total. The number of hydrogen-bond acceptors (Lipinski definition) is 3. The van der Waals surface area contributed by atoms with Gasteiger partial charge in [-0.1, -0.05) is 0 Å². The number of rotatable bonds is 5. The number of halogens is 1. The Labute approximate surface area is 128 Å². The summed E-state index contributed by atoms with van der Waals surface area (Å²) >= 11 is 2.16. The molecule has 2 rings (SSSR count). The van der Waals surface area contributed by atoms with E-state index in [1.165, 1.54) is 12.8 Å². The monoisotopic (exact) mass is 394 g/mol. The molecule has 0 spiro atoms. The van der Waals surface area contributed by atoms with Crippen LogP contribution >= 0.6 is 22.6 Å². The van der Waals surface area contributed by atoms with Crippen LogP contribution in [0.25, 0.3) is 0 Å². The summed E-state index contributed by atoms with van der Waals surface area (Å²) in [7, 11) is -1.26. The molecule has 0 amide bonds. The summed E-state index contributed by atoms with van der Waals surface area (Å²) < 4.78 is 27.9. The van der Waals surface area contributed by atoms with E-state index in [0.717, 1.165) is 16.5 Å². The summed E-state index contributed by atoms with van der Waals surface area (Å²) in [5.41, 5.74) is 0. The first kappa shape index (κ1) is 15.2. The van der Waals surface area contributed by atoms with Gasteiger partial charge in [-0.15, -0.1) is 0 Å². The molecule has 0 radical (unpaired) electrons. The lowest BCUT2D eigenvalue weighted by molar-refractivity contribution is 0.297. The molecule has 6 heteroatoms. The predicted octanol–water partition coefficient (Wildman–Crippen LogP) is 2.05. The van der Waals surface area contributed by atoms with Gasteiger partial charge < -0.3 is 4.90 Å². The van der Waals surface area contributed by atoms with E-state index in [2.05, 4.69) is 39.3 Å². The molecule has 1 aliphatic heterocycles. The topological polar surface area (TPSA) is 49.4 Å². The molecule has 1 aromatic carbocycles. The van der Waals surface area contributed by atoms with Crippen molar-refractivity contribution in [2.75, 3.05) is 20.1 Å². The van der Waals surface area contributed by atoms with Crippen molar-refractivity contribution in [3.8, 4) is 0 Å². The summed E-state index contributed by atoms with van der Waals surface area (Å²) in [4.78, 5) is 2.65. The highest BCUT2D eigenvalue weighted by molar-refractivity contribution is 14.1. The maximum atomic E-state index is 12.1. The Bertz CT molecular complexity index is 516. The normalized spacial score (nSPS) is 20.8. The fraction of sp³-hybridized carbons (Fsp3) is 0.538. The molecule has 0 saturated carbocycles.